The van der Waals surface area contributed by atoms with Crippen LogP contribution in [0.2, 0.25) is 0 Å². The largest absolute Gasteiger partial charge is 0.462 e. The molecule has 21 heavy (non-hydrogen) atoms. The Labute approximate surface area is 142 Å². The number of nitrogens with one attached hydrogen (secondary N) is 2. The lowest BCUT2D eigenvalue weighted by molar-refractivity contribution is -0.140. The number of ether oxygens (including phenoxy) is 1. The molecule has 1 aromatic rings. The van der Waals surface area contributed by atoms with Gasteiger partial charge in [0.05, 0.1) is 18.2 Å². The smallest absolute Gasteiger partial charge is 0.338 e. The average molecular weight is 389 g/mol. The topological polar surface area (TPSA) is 50.4 Å². The van der Waals surface area contributed by atoms with E-state index in [4.69, 9.17) is 17.0 Å². The average Bonchev–Trinajstić information content (AvgIpc) is 2.81. The van der Waals surface area contributed by atoms with Crippen molar-refractivity contribution in [3.05, 3.63) is 32.1 Å². The van der Waals surface area contributed by atoms with E-state index in [2.05, 4.69) is 26.6 Å². The van der Waals surface area contributed by atoms with Crippen LogP contribution in [0.3, 0.4) is 0 Å². The lowest BCUT2D eigenvalue weighted by Gasteiger charge is -2.29. The first-order chi connectivity index (χ1) is 9.88. The molecule has 1 aromatic heterocycles. The quantitative estimate of drug-likeness (QED) is 0.610. The minimum atomic E-state index is -0.307. The number of esters is 1. The van der Waals surface area contributed by atoms with Crippen LogP contribution >= 0.6 is 39.5 Å². The van der Waals surface area contributed by atoms with Crippen molar-refractivity contribution in [1.29, 1.82) is 0 Å². The summed E-state index contributed by atoms with van der Waals surface area (Å²) in [7, 11) is 0. The van der Waals surface area contributed by atoms with Crippen LogP contribution in [0.25, 0.3) is 0 Å². The zero-order valence-electron chi connectivity index (χ0n) is 12.0. The summed E-state index contributed by atoms with van der Waals surface area (Å²) in [4.78, 5) is 13.4. The van der Waals surface area contributed by atoms with E-state index in [9.17, 15) is 4.79 Å². The Bertz CT molecular complexity index is 596. The number of halogens is 1. The molecule has 1 atom stereocenters. The molecule has 2 heterocycles. The van der Waals surface area contributed by atoms with Crippen LogP contribution in [0.5, 0.6) is 0 Å². The summed E-state index contributed by atoms with van der Waals surface area (Å²) in [6, 6.07) is 1.72. The SMILES string of the molecule is CC1=C(C(=O)OCC(C)C)[C@@H](c2cc(Br)cs2)NC(=S)N1. The van der Waals surface area contributed by atoms with Gasteiger partial charge in [0.1, 0.15) is 0 Å². The van der Waals surface area contributed by atoms with Crippen molar-refractivity contribution in [2.45, 2.75) is 26.8 Å². The maximum atomic E-state index is 12.4. The van der Waals surface area contributed by atoms with Gasteiger partial charge in [-0.05, 0) is 47.1 Å². The maximum Gasteiger partial charge on any atom is 0.338 e. The van der Waals surface area contributed by atoms with E-state index in [1.54, 1.807) is 11.3 Å². The van der Waals surface area contributed by atoms with Crippen molar-refractivity contribution in [3.8, 4) is 0 Å². The molecule has 0 amide bonds. The summed E-state index contributed by atoms with van der Waals surface area (Å²) in [6.45, 7) is 6.26. The third kappa shape index (κ3) is 4.05. The Morgan fingerprint density at radius 2 is 2.29 bits per heavy atom. The fraction of sp³-hybridized carbons (Fsp3) is 0.429. The van der Waals surface area contributed by atoms with Crippen molar-refractivity contribution in [2.24, 2.45) is 5.92 Å². The highest BCUT2D eigenvalue weighted by molar-refractivity contribution is 9.10. The van der Waals surface area contributed by atoms with Gasteiger partial charge >= 0.3 is 5.97 Å². The first-order valence-electron chi connectivity index (χ1n) is 6.57. The van der Waals surface area contributed by atoms with E-state index in [0.29, 0.717) is 23.2 Å². The van der Waals surface area contributed by atoms with Gasteiger partial charge in [0, 0.05) is 20.4 Å². The summed E-state index contributed by atoms with van der Waals surface area (Å²) in [6.07, 6.45) is 0. The molecule has 0 spiro atoms. The van der Waals surface area contributed by atoms with Gasteiger partial charge in [-0.2, -0.15) is 0 Å². The molecule has 0 aromatic carbocycles. The van der Waals surface area contributed by atoms with E-state index >= 15 is 0 Å². The maximum absolute atomic E-state index is 12.4. The van der Waals surface area contributed by atoms with Crippen molar-refractivity contribution < 1.29 is 9.53 Å². The lowest BCUT2D eigenvalue weighted by atomic mass is 10.0. The van der Waals surface area contributed by atoms with Crippen LogP contribution < -0.4 is 10.6 Å². The molecular weight excluding hydrogens is 372 g/mol. The fourth-order valence-corrected chi connectivity index (χ4v) is 3.75. The molecule has 0 bridgehead atoms. The second kappa shape index (κ2) is 6.89. The predicted octanol–water partition coefficient (Wildman–Crippen LogP) is 3.50. The zero-order chi connectivity index (χ0) is 15.6. The van der Waals surface area contributed by atoms with Gasteiger partial charge in [-0.25, -0.2) is 4.79 Å². The van der Waals surface area contributed by atoms with Gasteiger partial charge in [0.25, 0.3) is 0 Å². The second-order valence-corrected chi connectivity index (χ2v) is 7.50. The molecular formula is C14H17BrN2O2S2. The summed E-state index contributed by atoms with van der Waals surface area (Å²) in [5.74, 6) is -0.00649. The van der Waals surface area contributed by atoms with E-state index in [1.165, 1.54) is 0 Å². The van der Waals surface area contributed by atoms with Gasteiger partial charge < -0.3 is 15.4 Å². The molecule has 4 nitrogen and oxygen atoms in total. The van der Waals surface area contributed by atoms with Crippen LogP contribution in [0.15, 0.2) is 27.2 Å². The highest BCUT2D eigenvalue weighted by Crippen LogP contribution is 2.33. The molecule has 0 aliphatic carbocycles. The summed E-state index contributed by atoms with van der Waals surface area (Å²) in [5, 5.41) is 8.64. The van der Waals surface area contributed by atoms with Crippen LogP contribution in [-0.4, -0.2) is 17.7 Å². The van der Waals surface area contributed by atoms with E-state index in [1.807, 2.05) is 32.2 Å². The summed E-state index contributed by atoms with van der Waals surface area (Å²) >= 11 is 10.2. The molecule has 1 aliphatic heterocycles. The number of hydrogen-bond donors (Lipinski definition) is 2. The van der Waals surface area contributed by atoms with Gasteiger partial charge in [-0.15, -0.1) is 11.3 Å². The number of carbonyl (C=O) groups excluding carboxylic acids is 1. The molecule has 0 radical (unpaired) electrons. The molecule has 0 fully saturated rings. The van der Waals surface area contributed by atoms with Crippen molar-refractivity contribution >= 4 is 50.6 Å². The highest BCUT2D eigenvalue weighted by atomic mass is 79.9. The lowest BCUT2D eigenvalue weighted by Crippen LogP contribution is -2.45. The van der Waals surface area contributed by atoms with E-state index in [-0.39, 0.29) is 12.0 Å². The minimum absolute atomic E-state index is 0.269. The normalized spacial score (nSPS) is 18.5. The van der Waals surface area contributed by atoms with Crippen LogP contribution in [0.4, 0.5) is 0 Å². The van der Waals surface area contributed by atoms with Crippen LogP contribution in [0.1, 0.15) is 31.7 Å². The molecule has 0 saturated heterocycles. The second-order valence-electron chi connectivity index (χ2n) is 5.23. The number of carbonyl (C=O) groups is 1. The minimum Gasteiger partial charge on any atom is -0.462 e. The van der Waals surface area contributed by atoms with Crippen molar-refractivity contribution in [2.75, 3.05) is 6.61 Å². The standard InChI is InChI=1S/C14H17BrN2O2S2/c1-7(2)5-19-13(18)11-8(3)16-14(20)17-12(11)10-4-9(15)6-21-10/h4,6-7,12H,5H2,1-3H3,(H2,16,17,20)/t12-/m1/s1. The Morgan fingerprint density at radius 1 is 1.57 bits per heavy atom. The van der Waals surface area contributed by atoms with Crippen LogP contribution in [0, 0.1) is 5.92 Å². The summed E-state index contributed by atoms with van der Waals surface area (Å²) < 4.78 is 6.37. The zero-order valence-corrected chi connectivity index (χ0v) is 15.2. The number of thiocarbonyl (C=S) groups is 1. The van der Waals surface area contributed by atoms with Gasteiger partial charge in [0.2, 0.25) is 0 Å². The Kier molecular flexibility index (Phi) is 5.40. The Hall–Kier alpha value is -0.920. The first-order valence-corrected chi connectivity index (χ1v) is 8.66. The van der Waals surface area contributed by atoms with Crippen molar-refractivity contribution in [1.82, 2.24) is 10.6 Å². The van der Waals surface area contributed by atoms with Gasteiger partial charge in [0.15, 0.2) is 5.11 Å². The monoisotopic (exact) mass is 388 g/mol. The van der Waals surface area contributed by atoms with E-state index < -0.39 is 0 Å². The van der Waals surface area contributed by atoms with Gasteiger partial charge in [-0.3, -0.25) is 0 Å². The molecule has 1 aliphatic rings. The Balaban J connectivity index is 2.30. The van der Waals surface area contributed by atoms with Crippen molar-refractivity contribution in [3.63, 3.8) is 0 Å². The van der Waals surface area contributed by atoms with Gasteiger partial charge in [-0.1, -0.05) is 13.8 Å². The molecule has 2 rings (SSSR count). The number of rotatable bonds is 4. The summed E-state index contributed by atoms with van der Waals surface area (Å²) in [5.41, 5.74) is 1.32. The molecule has 114 valence electrons. The molecule has 0 saturated carbocycles. The fourth-order valence-electron chi connectivity index (χ4n) is 1.98. The Morgan fingerprint density at radius 3 is 2.86 bits per heavy atom. The molecule has 0 unspecified atom stereocenters. The number of thiophene rings is 1. The number of allylic oxidation sites excluding steroid dienone is 1. The highest BCUT2D eigenvalue weighted by Gasteiger charge is 2.31. The molecule has 2 N–H and O–H groups in total. The first kappa shape index (κ1) is 16.5. The number of hydrogen-bond acceptors (Lipinski definition) is 4. The third-order valence-electron chi connectivity index (χ3n) is 2.91. The van der Waals surface area contributed by atoms with E-state index in [0.717, 1.165) is 15.0 Å². The third-order valence-corrected chi connectivity index (χ3v) is 4.89. The molecule has 7 heteroatoms. The predicted molar refractivity (Wildman–Crippen MR) is 92.1 cm³/mol. The van der Waals surface area contributed by atoms with Crippen LogP contribution in [-0.2, 0) is 9.53 Å².